The number of aryl methyl sites for hydroxylation is 1. The fourth-order valence-corrected chi connectivity index (χ4v) is 3.07. The van der Waals surface area contributed by atoms with Gasteiger partial charge in [0.2, 0.25) is 0 Å². The third-order valence-electron chi connectivity index (χ3n) is 4.13. The largest absolute Gasteiger partial charge is 0.345 e. The Kier molecular flexibility index (Phi) is 2.44. The molecule has 5 nitrogen and oxygen atoms in total. The molecule has 0 saturated carbocycles. The summed E-state index contributed by atoms with van der Waals surface area (Å²) in [5, 5.41) is 0. The molecule has 102 valence electrons. The van der Waals surface area contributed by atoms with Gasteiger partial charge in [-0.25, -0.2) is 9.97 Å². The molecular formula is C15H17N5. The van der Waals surface area contributed by atoms with E-state index >= 15 is 0 Å². The fraction of sp³-hybridized carbons (Fsp3) is 0.333. The molecule has 1 unspecified atom stereocenters. The lowest BCUT2D eigenvalue weighted by molar-refractivity contribution is 0.454. The van der Waals surface area contributed by atoms with E-state index in [4.69, 9.17) is 10.7 Å². The van der Waals surface area contributed by atoms with E-state index in [1.807, 2.05) is 6.07 Å². The standard InChI is InChI=1S/C15H17N5/c1-9-19-15(14-5-3-11(16)7-20(9)14)10-2-4-12-13(6-10)18-8-17-12/h2,4,6,8,11H,3,5,7,16H2,1H3,(H,17,18). The van der Waals surface area contributed by atoms with Crippen LogP contribution in [0.2, 0.25) is 0 Å². The highest BCUT2D eigenvalue weighted by Gasteiger charge is 2.22. The minimum atomic E-state index is 0.248. The van der Waals surface area contributed by atoms with Crippen LogP contribution < -0.4 is 5.73 Å². The van der Waals surface area contributed by atoms with Crippen LogP contribution in [-0.4, -0.2) is 25.6 Å². The first-order valence-corrected chi connectivity index (χ1v) is 6.97. The van der Waals surface area contributed by atoms with Crippen LogP contribution in [0.5, 0.6) is 0 Å². The number of rotatable bonds is 1. The van der Waals surface area contributed by atoms with Crippen LogP contribution in [0.25, 0.3) is 22.3 Å². The average Bonchev–Trinajstić information content (AvgIpc) is 3.03. The van der Waals surface area contributed by atoms with Gasteiger partial charge in [-0.3, -0.25) is 0 Å². The van der Waals surface area contributed by atoms with Crippen LogP contribution >= 0.6 is 0 Å². The first kappa shape index (κ1) is 11.7. The van der Waals surface area contributed by atoms with Gasteiger partial charge in [0.15, 0.2) is 0 Å². The van der Waals surface area contributed by atoms with Crippen molar-refractivity contribution in [1.82, 2.24) is 19.5 Å². The molecule has 0 radical (unpaired) electrons. The molecule has 0 fully saturated rings. The number of imidazole rings is 2. The van der Waals surface area contributed by atoms with Crippen LogP contribution in [-0.2, 0) is 13.0 Å². The number of benzene rings is 1. The Balaban J connectivity index is 1.87. The maximum Gasteiger partial charge on any atom is 0.106 e. The van der Waals surface area contributed by atoms with Crippen LogP contribution in [0.3, 0.4) is 0 Å². The topological polar surface area (TPSA) is 72.5 Å². The van der Waals surface area contributed by atoms with Gasteiger partial charge in [-0.15, -0.1) is 0 Å². The Morgan fingerprint density at radius 3 is 3.20 bits per heavy atom. The summed E-state index contributed by atoms with van der Waals surface area (Å²) in [6, 6.07) is 6.51. The molecule has 3 heterocycles. The summed E-state index contributed by atoms with van der Waals surface area (Å²) in [5.41, 5.74) is 11.6. The molecule has 0 bridgehead atoms. The zero-order chi connectivity index (χ0) is 13.7. The Morgan fingerprint density at radius 1 is 1.40 bits per heavy atom. The lowest BCUT2D eigenvalue weighted by atomic mass is 10.0. The number of nitrogens with one attached hydrogen (secondary N) is 1. The molecule has 3 aromatic rings. The SMILES string of the molecule is Cc1nc(-c2ccc3nc[nH]c3c2)c2n1CC(N)CC2. The van der Waals surface area contributed by atoms with Crippen LogP contribution in [0.15, 0.2) is 24.5 Å². The predicted molar refractivity (Wildman–Crippen MR) is 78.3 cm³/mol. The summed E-state index contributed by atoms with van der Waals surface area (Å²) in [6.07, 6.45) is 3.75. The van der Waals surface area contributed by atoms with Crippen molar-refractivity contribution in [1.29, 1.82) is 0 Å². The smallest absolute Gasteiger partial charge is 0.106 e. The summed E-state index contributed by atoms with van der Waals surface area (Å²) in [5.74, 6) is 1.05. The van der Waals surface area contributed by atoms with Gasteiger partial charge in [-0.05, 0) is 31.9 Å². The normalized spacial score (nSPS) is 18.4. The Morgan fingerprint density at radius 2 is 2.30 bits per heavy atom. The minimum absolute atomic E-state index is 0.248. The van der Waals surface area contributed by atoms with E-state index in [0.717, 1.165) is 47.5 Å². The highest BCUT2D eigenvalue weighted by molar-refractivity contribution is 5.81. The molecule has 0 spiro atoms. The molecular weight excluding hydrogens is 250 g/mol. The van der Waals surface area contributed by atoms with Crippen molar-refractivity contribution in [3.8, 4) is 11.3 Å². The van der Waals surface area contributed by atoms with Crippen molar-refractivity contribution in [3.05, 3.63) is 36.0 Å². The molecule has 0 amide bonds. The maximum atomic E-state index is 6.07. The van der Waals surface area contributed by atoms with Crippen LogP contribution in [0.1, 0.15) is 17.9 Å². The number of fused-ring (bicyclic) bond motifs is 2. The van der Waals surface area contributed by atoms with Gasteiger partial charge in [0.25, 0.3) is 0 Å². The molecule has 2 aromatic heterocycles. The molecule has 4 rings (SSSR count). The quantitative estimate of drug-likeness (QED) is 0.708. The van der Waals surface area contributed by atoms with Crippen molar-refractivity contribution in [2.75, 3.05) is 0 Å². The minimum Gasteiger partial charge on any atom is -0.345 e. The fourth-order valence-electron chi connectivity index (χ4n) is 3.07. The summed E-state index contributed by atoms with van der Waals surface area (Å²) < 4.78 is 2.26. The Labute approximate surface area is 116 Å². The molecule has 1 aliphatic rings. The van der Waals surface area contributed by atoms with E-state index in [9.17, 15) is 0 Å². The Hall–Kier alpha value is -2.14. The van der Waals surface area contributed by atoms with Crippen molar-refractivity contribution in [2.24, 2.45) is 5.73 Å². The molecule has 3 N–H and O–H groups in total. The van der Waals surface area contributed by atoms with Crippen molar-refractivity contribution in [2.45, 2.75) is 32.4 Å². The maximum absolute atomic E-state index is 6.07. The first-order valence-electron chi connectivity index (χ1n) is 6.97. The number of aromatic nitrogens is 4. The summed E-state index contributed by atoms with van der Waals surface area (Å²) in [7, 11) is 0. The van der Waals surface area contributed by atoms with Crippen molar-refractivity contribution < 1.29 is 0 Å². The number of hydrogen-bond acceptors (Lipinski definition) is 3. The number of nitrogens with zero attached hydrogens (tertiary/aromatic N) is 3. The highest BCUT2D eigenvalue weighted by atomic mass is 15.1. The lowest BCUT2D eigenvalue weighted by Gasteiger charge is -2.22. The number of aromatic amines is 1. The highest BCUT2D eigenvalue weighted by Crippen LogP contribution is 2.29. The lowest BCUT2D eigenvalue weighted by Crippen LogP contribution is -2.32. The van der Waals surface area contributed by atoms with Gasteiger partial charge in [0.05, 0.1) is 23.1 Å². The molecule has 0 aliphatic carbocycles. The van der Waals surface area contributed by atoms with Crippen LogP contribution in [0, 0.1) is 6.92 Å². The molecule has 20 heavy (non-hydrogen) atoms. The third-order valence-corrected chi connectivity index (χ3v) is 4.13. The molecule has 1 aliphatic heterocycles. The predicted octanol–water partition coefficient (Wildman–Crippen LogP) is 2.01. The number of hydrogen-bond donors (Lipinski definition) is 2. The van der Waals surface area contributed by atoms with E-state index in [0.29, 0.717) is 0 Å². The Bertz CT molecular complexity index is 783. The van der Waals surface area contributed by atoms with Crippen LogP contribution in [0.4, 0.5) is 0 Å². The van der Waals surface area contributed by atoms with E-state index in [1.54, 1.807) is 6.33 Å². The van der Waals surface area contributed by atoms with Gasteiger partial charge < -0.3 is 15.3 Å². The summed E-state index contributed by atoms with van der Waals surface area (Å²) in [4.78, 5) is 12.2. The molecule has 1 aromatic carbocycles. The third kappa shape index (κ3) is 1.67. The van der Waals surface area contributed by atoms with Crippen molar-refractivity contribution in [3.63, 3.8) is 0 Å². The number of H-pyrrole nitrogens is 1. The average molecular weight is 267 g/mol. The van der Waals surface area contributed by atoms with Gasteiger partial charge in [-0.2, -0.15) is 0 Å². The molecule has 0 saturated heterocycles. The van der Waals surface area contributed by atoms with Gasteiger partial charge >= 0.3 is 0 Å². The monoisotopic (exact) mass is 267 g/mol. The van der Waals surface area contributed by atoms with E-state index in [1.165, 1.54) is 5.69 Å². The van der Waals surface area contributed by atoms with E-state index in [-0.39, 0.29) is 6.04 Å². The second kappa shape index (κ2) is 4.18. The zero-order valence-corrected chi connectivity index (χ0v) is 11.4. The summed E-state index contributed by atoms with van der Waals surface area (Å²) in [6.45, 7) is 2.93. The number of nitrogens with two attached hydrogens (primary N) is 1. The van der Waals surface area contributed by atoms with Crippen molar-refractivity contribution >= 4 is 11.0 Å². The summed E-state index contributed by atoms with van der Waals surface area (Å²) >= 11 is 0. The zero-order valence-electron chi connectivity index (χ0n) is 11.4. The molecule has 1 atom stereocenters. The van der Waals surface area contributed by atoms with E-state index in [2.05, 4.69) is 33.6 Å². The second-order valence-electron chi connectivity index (χ2n) is 5.50. The van der Waals surface area contributed by atoms with Gasteiger partial charge in [0.1, 0.15) is 5.82 Å². The molecule has 5 heteroatoms. The van der Waals surface area contributed by atoms with Gasteiger partial charge in [0, 0.05) is 23.8 Å². The van der Waals surface area contributed by atoms with E-state index < -0.39 is 0 Å². The first-order chi connectivity index (χ1) is 9.72. The van der Waals surface area contributed by atoms with Gasteiger partial charge in [-0.1, -0.05) is 6.07 Å². The second-order valence-corrected chi connectivity index (χ2v) is 5.50.